The number of rotatable bonds is 2. The first kappa shape index (κ1) is 11.7. The minimum atomic E-state index is -0.356. The van der Waals surface area contributed by atoms with Crippen molar-refractivity contribution in [3.63, 3.8) is 0 Å². The molecule has 1 saturated carbocycles. The second kappa shape index (κ2) is 5.02. The second-order valence-electron chi connectivity index (χ2n) is 4.18. The number of benzene rings is 1. The smallest absolute Gasteiger partial charge is 0.138 e. The van der Waals surface area contributed by atoms with Gasteiger partial charge in [0.2, 0.25) is 0 Å². The molecule has 0 heterocycles. The highest BCUT2D eigenvalue weighted by Crippen LogP contribution is 2.29. The van der Waals surface area contributed by atoms with Crippen LogP contribution in [0.15, 0.2) is 18.2 Å². The summed E-state index contributed by atoms with van der Waals surface area (Å²) in [5.74, 6) is 0.163. The van der Waals surface area contributed by atoms with E-state index in [4.69, 9.17) is 22.1 Å². The van der Waals surface area contributed by atoms with Crippen LogP contribution in [0.1, 0.15) is 25.7 Å². The summed E-state index contributed by atoms with van der Waals surface area (Å²) >= 11 is 5.89. The van der Waals surface area contributed by atoms with Gasteiger partial charge in [0.1, 0.15) is 17.7 Å². The lowest BCUT2D eigenvalue weighted by atomic mass is 9.93. The topological polar surface area (TPSA) is 35.2 Å². The third-order valence-corrected chi connectivity index (χ3v) is 3.22. The Labute approximate surface area is 99.5 Å². The summed E-state index contributed by atoms with van der Waals surface area (Å²) in [7, 11) is 0. The Hall–Kier alpha value is -0.800. The van der Waals surface area contributed by atoms with Gasteiger partial charge < -0.3 is 10.5 Å². The number of hydrogen-bond acceptors (Lipinski definition) is 2. The molecule has 1 aliphatic rings. The van der Waals surface area contributed by atoms with Gasteiger partial charge in [-0.15, -0.1) is 0 Å². The maximum atomic E-state index is 12.8. The number of ether oxygens (including phenoxy) is 1. The Morgan fingerprint density at radius 2 is 2.06 bits per heavy atom. The lowest BCUT2D eigenvalue weighted by molar-refractivity contribution is 0.132. The van der Waals surface area contributed by atoms with Gasteiger partial charge in [0, 0.05) is 6.04 Å². The summed E-state index contributed by atoms with van der Waals surface area (Å²) in [5, 5.41) is 0.303. The Bertz CT molecular complexity index is 372. The van der Waals surface area contributed by atoms with Crippen molar-refractivity contribution in [2.24, 2.45) is 5.73 Å². The molecule has 2 atom stereocenters. The van der Waals surface area contributed by atoms with Gasteiger partial charge in [-0.3, -0.25) is 0 Å². The van der Waals surface area contributed by atoms with E-state index in [-0.39, 0.29) is 18.0 Å². The third-order valence-electron chi connectivity index (χ3n) is 2.93. The third kappa shape index (κ3) is 2.66. The average Bonchev–Trinajstić information content (AvgIpc) is 2.25. The van der Waals surface area contributed by atoms with Gasteiger partial charge in [0.15, 0.2) is 0 Å². The van der Waals surface area contributed by atoms with E-state index in [9.17, 15) is 4.39 Å². The standard InChI is InChI=1S/C12H15ClFNO/c13-9-7-8(14)5-6-11(9)16-12-4-2-1-3-10(12)15/h5-7,10,12H,1-4,15H2. The summed E-state index contributed by atoms with van der Waals surface area (Å²) in [6, 6.07) is 4.20. The average molecular weight is 244 g/mol. The molecule has 16 heavy (non-hydrogen) atoms. The fourth-order valence-electron chi connectivity index (χ4n) is 2.01. The first-order chi connectivity index (χ1) is 7.66. The van der Waals surface area contributed by atoms with Crippen LogP contribution in [0.3, 0.4) is 0 Å². The van der Waals surface area contributed by atoms with Crippen molar-refractivity contribution in [3.8, 4) is 5.75 Å². The normalized spacial score (nSPS) is 25.4. The van der Waals surface area contributed by atoms with Gasteiger partial charge in [-0.1, -0.05) is 18.0 Å². The van der Waals surface area contributed by atoms with Gasteiger partial charge in [0.25, 0.3) is 0 Å². The minimum absolute atomic E-state index is 0.00305. The molecule has 0 aliphatic heterocycles. The van der Waals surface area contributed by atoms with Crippen molar-refractivity contribution in [2.45, 2.75) is 37.8 Å². The minimum Gasteiger partial charge on any atom is -0.487 e. The molecule has 0 spiro atoms. The van der Waals surface area contributed by atoms with Crippen molar-refractivity contribution < 1.29 is 9.13 Å². The fraction of sp³-hybridized carbons (Fsp3) is 0.500. The molecular formula is C12H15ClFNO. The Morgan fingerprint density at radius 1 is 1.31 bits per heavy atom. The molecular weight excluding hydrogens is 229 g/mol. The maximum absolute atomic E-state index is 12.8. The monoisotopic (exact) mass is 243 g/mol. The Kier molecular flexibility index (Phi) is 3.66. The molecule has 2 N–H and O–H groups in total. The van der Waals surface area contributed by atoms with E-state index in [0.29, 0.717) is 10.8 Å². The van der Waals surface area contributed by atoms with Gasteiger partial charge in [-0.25, -0.2) is 4.39 Å². The van der Waals surface area contributed by atoms with Crippen LogP contribution < -0.4 is 10.5 Å². The van der Waals surface area contributed by atoms with E-state index in [1.807, 2.05) is 0 Å². The van der Waals surface area contributed by atoms with E-state index in [1.165, 1.54) is 12.1 Å². The second-order valence-corrected chi connectivity index (χ2v) is 4.59. The van der Waals surface area contributed by atoms with E-state index < -0.39 is 0 Å². The van der Waals surface area contributed by atoms with Crippen molar-refractivity contribution in [1.82, 2.24) is 0 Å². The van der Waals surface area contributed by atoms with Gasteiger partial charge >= 0.3 is 0 Å². The molecule has 88 valence electrons. The predicted octanol–water partition coefficient (Wildman–Crippen LogP) is 3.13. The maximum Gasteiger partial charge on any atom is 0.138 e. The van der Waals surface area contributed by atoms with Crippen molar-refractivity contribution in [3.05, 3.63) is 29.0 Å². The SMILES string of the molecule is NC1CCCCC1Oc1ccc(F)cc1Cl. The van der Waals surface area contributed by atoms with Crippen molar-refractivity contribution in [1.29, 1.82) is 0 Å². The van der Waals surface area contributed by atoms with E-state index in [1.54, 1.807) is 6.07 Å². The van der Waals surface area contributed by atoms with Crippen LogP contribution in [0, 0.1) is 5.82 Å². The number of halogens is 2. The van der Waals surface area contributed by atoms with Gasteiger partial charge in [0.05, 0.1) is 5.02 Å². The molecule has 1 aromatic rings. The van der Waals surface area contributed by atoms with Crippen LogP contribution in [0.5, 0.6) is 5.75 Å². The summed E-state index contributed by atoms with van der Waals surface area (Å²) in [6.45, 7) is 0. The highest BCUT2D eigenvalue weighted by Gasteiger charge is 2.24. The summed E-state index contributed by atoms with van der Waals surface area (Å²) < 4.78 is 18.6. The Balaban J connectivity index is 2.07. The zero-order chi connectivity index (χ0) is 11.5. The Morgan fingerprint density at radius 3 is 2.75 bits per heavy atom. The molecule has 1 aliphatic carbocycles. The number of hydrogen-bond donors (Lipinski definition) is 1. The first-order valence-corrected chi connectivity index (χ1v) is 5.92. The van der Waals surface area contributed by atoms with E-state index in [0.717, 1.165) is 25.7 Å². The number of nitrogens with two attached hydrogens (primary N) is 1. The zero-order valence-corrected chi connectivity index (χ0v) is 9.71. The van der Waals surface area contributed by atoms with Crippen molar-refractivity contribution in [2.75, 3.05) is 0 Å². The molecule has 0 bridgehead atoms. The highest BCUT2D eigenvalue weighted by molar-refractivity contribution is 6.32. The summed E-state index contributed by atoms with van der Waals surface area (Å²) in [4.78, 5) is 0. The first-order valence-electron chi connectivity index (χ1n) is 5.54. The fourth-order valence-corrected chi connectivity index (χ4v) is 2.22. The lowest BCUT2D eigenvalue weighted by Gasteiger charge is -2.29. The van der Waals surface area contributed by atoms with Crippen LogP contribution in [-0.4, -0.2) is 12.1 Å². The molecule has 0 aromatic heterocycles. The van der Waals surface area contributed by atoms with Gasteiger partial charge in [-0.2, -0.15) is 0 Å². The zero-order valence-electron chi connectivity index (χ0n) is 8.96. The van der Waals surface area contributed by atoms with Crippen LogP contribution >= 0.6 is 11.6 Å². The van der Waals surface area contributed by atoms with Crippen LogP contribution in [0.4, 0.5) is 4.39 Å². The van der Waals surface area contributed by atoms with Crippen molar-refractivity contribution >= 4 is 11.6 Å². The molecule has 1 fully saturated rings. The quantitative estimate of drug-likeness (QED) is 0.866. The largest absolute Gasteiger partial charge is 0.487 e. The lowest BCUT2D eigenvalue weighted by Crippen LogP contribution is -2.41. The summed E-state index contributed by atoms with van der Waals surface area (Å²) in [6.07, 6.45) is 4.19. The molecule has 2 nitrogen and oxygen atoms in total. The molecule has 2 rings (SSSR count). The molecule has 2 unspecified atom stereocenters. The predicted molar refractivity (Wildman–Crippen MR) is 62.3 cm³/mol. The molecule has 0 amide bonds. The molecule has 0 radical (unpaired) electrons. The van der Waals surface area contributed by atoms with Gasteiger partial charge in [-0.05, 0) is 37.5 Å². The summed E-state index contributed by atoms with van der Waals surface area (Å²) in [5.41, 5.74) is 5.96. The molecule has 4 heteroatoms. The molecule has 1 aromatic carbocycles. The highest BCUT2D eigenvalue weighted by atomic mass is 35.5. The van der Waals surface area contributed by atoms with Crippen LogP contribution in [0.2, 0.25) is 5.02 Å². The van der Waals surface area contributed by atoms with E-state index in [2.05, 4.69) is 0 Å². The molecule has 0 saturated heterocycles. The van der Waals surface area contributed by atoms with Crippen LogP contribution in [0.25, 0.3) is 0 Å². The van der Waals surface area contributed by atoms with Crippen LogP contribution in [-0.2, 0) is 0 Å². The van der Waals surface area contributed by atoms with E-state index >= 15 is 0 Å².